The molecule has 0 atom stereocenters. The van der Waals surface area contributed by atoms with Gasteiger partial charge in [0.15, 0.2) is 0 Å². The topological polar surface area (TPSA) is 39.2 Å². The third kappa shape index (κ3) is 2.28. The first-order chi connectivity index (χ1) is 6.15. The Balaban J connectivity index is 2.98. The molecule has 0 amide bonds. The summed E-state index contributed by atoms with van der Waals surface area (Å²) in [7, 11) is 1.37. The SMILES string of the molecule is COC(=O)c1ccnc(C(C)C)c1. The minimum atomic E-state index is -0.315. The number of methoxy groups -OCH3 is 1. The monoisotopic (exact) mass is 179 g/mol. The number of pyridine rings is 1. The van der Waals surface area contributed by atoms with E-state index in [1.807, 2.05) is 13.8 Å². The molecular weight excluding hydrogens is 166 g/mol. The summed E-state index contributed by atoms with van der Waals surface area (Å²) in [6.07, 6.45) is 1.63. The number of carbonyl (C=O) groups excluding carboxylic acids is 1. The van der Waals surface area contributed by atoms with Crippen LogP contribution in [0.15, 0.2) is 18.3 Å². The molecule has 1 rings (SSSR count). The third-order valence-electron chi connectivity index (χ3n) is 1.79. The summed E-state index contributed by atoms with van der Waals surface area (Å²) in [6.45, 7) is 4.06. The average molecular weight is 179 g/mol. The molecule has 1 aromatic rings. The lowest BCUT2D eigenvalue weighted by molar-refractivity contribution is 0.0600. The second kappa shape index (κ2) is 4.03. The minimum Gasteiger partial charge on any atom is -0.465 e. The van der Waals surface area contributed by atoms with Gasteiger partial charge in [0, 0.05) is 11.9 Å². The van der Waals surface area contributed by atoms with Crippen LogP contribution < -0.4 is 0 Å². The van der Waals surface area contributed by atoms with E-state index in [4.69, 9.17) is 0 Å². The van der Waals surface area contributed by atoms with Crippen LogP contribution in [0.5, 0.6) is 0 Å². The Bertz CT molecular complexity index is 308. The first-order valence-electron chi connectivity index (χ1n) is 4.19. The van der Waals surface area contributed by atoms with Gasteiger partial charge in [0.2, 0.25) is 0 Å². The second-order valence-corrected chi connectivity index (χ2v) is 3.12. The van der Waals surface area contributed by atoms with Crippen LogP contribution in [0.3, 0.4) is 0 Å². The fourth-order valence-corrected chi connectivity index (χ4v) is 1.01. The Morgan fingerprint density at radius 2 is 2.23 bits per heavy atom. The molecule has 0 spiro atoms. The fraction of sp³-hybridized carbons (Fsp3) is 0.400. The second-order valence-electron chi connectivity index (χ2n) is 3.12. The molecular formula is C10H13NO2. The van der Waals surface area contributed by atoms with Gasteiger partial charge in [-0.15, -0.1) is 0 Å². The molecule has 1 heterocycles. The molecule has 0 N–H and O–H groups in total. The molecule has 3 nitrogen and oxygen atoms in total. The van der Waals surface area contributed by atoms with E-state index < -0.39 is 0 Å². The Morgan fingerprint density at radius 3 is 2.77 bits per heavy atom. The highest BCUT2D eigenvalue weighted by molar-refractivity contribution is 5.89. The van der Waals surface area contributed by atoms with Gasteiger partial charge < -0.3 is 4.74 Å². The smallest absolute Gasteiger partial charge is 0.337 e. The number of ether oxygens (including phenoxy) is 1. The lowest BCUT2D eigenvalue weighted by Crippen LogP contribution is -2.03. The van der Waals surface area contributed by atoms with Crippen molar-refractivity contribution in [2.24, 2.45) is 0 Å². The standard InChI is InChI=1S/C10H13NO2/c1-7(2)9-6-8(4-5-11-9)10(12)13-3/h4-7H,1-3H3. The Hall–Kier alpha value is -1.38. The van der Waals surface area contributed by atoms with Gasteiger partial charge in [-0.3, -0.25) is 4.98 Å². The zero-order valence-corrected chi connectivity index (χ0v) is 8.07. The van der Waals surface area contributed by atoms with Gasteiger partial charge in [0.1, 0.15) is 0 Å². The summed E-state index contributed by atoms with van der Waals surface area (Å²) in [5.41, 5.74) is 1.46. The van der Waals surface area contributed by atoms with E-state index in [9.17, 15) is 4.79 Å². The van der Waals surface area contributed by atoms with Gasteiger partial charge in [-0.25, -0.2) is 4.79 Å². The van der Waals surface area contributed by atoms with Crippen molar-refractivity contribution in [3.8, 4) is 0 Å². The molecule has 0 aliphatic heterocycles. The largest absolute Gasteiger partial charge is 0.465 e. The quantitative estimate of drug-likeness (QED) is 0.652. The lowest BCUT2D eigenvalue weighted by Gasteiger charge is -2.05. The highest BCUT2D eigenvalue weighted by Crippen LogP contribution is 2.12. The molecule has 70 valence electrons. The van der Waals surface area contributed by atoms with Crippen LogP contribution >= 0.6 is 0 Å². The summed E-state index contributed by atoms with van der Waals surface area (Å²) in [5, 5.41) is 0. The van der Waals surface area contributed by atoms with E-state index in [2.05, 4.69) is 9.72 Å². The Kier molecular flexibility index (Phi) is 3.01. The van der Waals surface area contributed by atoms with E-state index in [1.165, 1.54) is 7.11 Å². The number of aromatic nitrogens is 1. The van der Waals surface area contributed by atoms with Crippen LogP contribution in [0, 0.1) is 0 Å². The highest BCUT2D eigenvalue weighted by atomic mass is 16.5. The number of esters is 1. The van der Waals surface area contributed by atoms with Crippen LogP contribution in [0.1, 0.15) is 35.8 Å². The molecule has 0 radical (unpaired) electrons. The molecule has 0 saturated heterocycles. The zero-order chi connectivity index (χ0) is 9.84. The van der Waals surface area contributed by atoms with Crippen molar-refractivity contribution in [2.45, 2.75) is 19.8 Å². The minimum absolute atomic E-state index is 0.315. The molecule has 0 saturated carbocycles. The van der Waals surface area contributed by atoms with Crippen molar-refractivity contribution < 1.29 is 9.53 Å². The molecule has 0 aliphatic rings. The van der Waals surface area contributed by atoms with Crippen molar-refractivity contribution >= 4 is 5.97 Å². The number of rotatable bonds is 2. The summed E-state index contributed by atoms with van der Waals surface area (Å²) in [4.78, 5) is 15.3. The molecule has 0 fully saturated rings. The zero-order valence-electron chi connectivity index (χ0n) is 8.07. The van der Waals surface area contributed by atoms with Crippen LogP contribution in [0.25, 0.3) is 0 Å². The maximum atomic E-state index is 11.1. The van der Waals surface area contributed by atoms with Crippen LogP contribution in [-0.2, 0) is 4.74 Å². The first-order valence-corrected chi connectivity index (χ1v) is 4.19. The first kappa shape index (κ1) is 9.71. The van der Waals surface area contributed by atoms with Gasteiger partial charge in [-0.1, -0.05) is 13.8 Å². The van der Waals surface area contributed by atoms with E-state index in [1.54, 1.807) is 18.3 Å². The van der Waals surface area contributed by atoms with E-state index >= 15 is 0 Å². The van der Waals surface area contributed by atoms with Crippen LogP contribution in [0.4, 0.5) is 0 Å². The van der Waals surface area contributed by atoms with Crippen molar-refractivity contribution in [1.29, 1.82) is 0 Å². The maximum absolute atomic E-state index is 11.1. The number of hydrogen-bond donors (Lipinski definition) is 0. The third-order valence-corrected chi connectivity index (χ3v) is 1.79. The maximum Gasteiger partial charge on any atom is 0.337 e. The lowest BCUT2D eigenvalue weighted by atomic mass is 10.1. The number of carbonyl (C=O) groups is 1. The summed E-state index contributed by atoms with van der Waals surface area (Å²) in [5.74, 6) is 0.00825. The van der Waals surface area contributed by atoms with Gasteiger partial charge in [-0.05, 0) is 18.1 Å². The van der Waals surface area contributed by atoms with E-state index in [-0.39, 0.29) is 5.97 Å². The van der Waals surface area contributed by atoms with Gasteiger partial charge in [-0.2, -0.15) is 0 Å². The molecule has 3 heteroatoms. The van der Waals surface area contributed by atoms with Crippen molar-refractivity contribution in [3.05, 3.63) is 29.6 Å². The molecule has 1 aromatic heterocycles. The molecule has 0 bridgehead atoms. The number of nitrogens with zero attached hydrogens (tertiary/aromatic N) is 1. The molecule has 0 aliphatic carbocycles. The molecule has 0 unspecified atom stereocenters. The summed E-state index contributed by atoms with van der Waals surface area (Å²) in [6, 6.07) is 3.41. The van der Waals surface area contributed by atoms with Crippen molar-refractivity contribution in [1.82, 2.24) is 4.98 Å². The van der Waals surface area contributed by atoms with Crippen LogP contribution in [0.2, 0.25) is 0 Å². The Morgan fingerprint density at radius 1 is 1.54 bits per heavy atom. The van der Waals surface area contributed by atoms with Gasteiger partial charge in [0.25, 0.3) is 0 Å². The fourth-order valence-electron chi connectivity index (χ4n) is 1.01. The van der Waals surface area contributed by atoms with Crippen LogP contribution in [-0.4, -0.2) is 18.1 Å². The van der Waals surface area contributed by atoms with Crippen molar-refractivity contribution in [3.63, 3.8) is 0 Å². The van der Waals surface area contributed by atoms with Crippen molar-refractivity contribution in [2.75, 3.05) is 7.11 Å². The predicted octanol–water partition coefficient (Wildman–Crippen LogP) is 1.99. The Labute approximate surface area is 77.8 Å². The average Bonchev–Trinajstić information content (AvgIpc) is 2.17. The summed E-state index contributed by atoms with van der Waals surface area (Å²) >= 11 is 0. The summed E-state index contributed by atoms with van der Waals surface area (Å²) < 4.78 is 4.60. The highest BCUT2D eigenvalue weighted by Gasteiger charge is 2.07. The van der Waals surface area contributed by atoms with E-state index in [0.29, 0.717) is 11.5 Å². The van der Waals surface area contributed by atoms with Gasteiger partial charge in [0.05, 0.1) is 12.7 Å². The molecule has 13 heavy (non-hydrogen) atoms. The number of hydrogen-bond acceptors (Lipinski definition) is 3. The predicted molar refractivity (Wildman–Crippen MR) is 49.7 cm³/mol. The van der Waals surface area contributed by atoms with E-state index in [0.717, 1.165) is 5.69 Å². The normalized spacial score (nSPS) is 10.2. The molecule has 0 aromatic carbocycles. The van der Waals surface area contributed by atoms with Gasteiger partial charge >= 0.3 is 5.97 Å².